The molecule has 1 atom stereocenters. The molecule has 0 saturated heterocycles. The van der Waals surface area contributed by atoms with Crippen molar-refractivity contribution in [3.05, 3.63) is 28.2 Å². The Hall–Kier alpha value is -0.610. The first-order chi connectivity index (χ1) is 9.01. The summed E-state index contributed by atoms with van der Waals surface area (Å²) in [5, 5.41) is 0. The standard InChI is InChI=1S/C15H23BrN2S/c1-4-6-9-18(11(3)5-2)14-10-12(16)7-8-13(14)15(17)19/h7-8,10-11H,4-6,9H2,1-3H3,(H2,17,19). The molecule has 0 aliphatic heterocycles. The molecule has 0 heterocycles. The van der Waals surface area contributed by atoms with E-state index in [9.17, 15) is 0 Å². The first kappa shape index (κ1) is 16.4. The Bertz CT molecular complexity index is 434. The molecule has 0 spiro atoms. The van der Waals surface area contributed by atoms with E-state index in [-0.39, 0.29) is 0 Å². The molecule has 0 radical (unpaired) electrons. The highest BCUT2D eigenvalue weighted by molar-refractivity contribution is 9.10. The lowest BCUT2D eigenvalue weighted by molar-refractivity contribution is 0.595. The van der Waals surface area contributed by atoms with Crippen molar-refractivity contribution in [1.29, 1.82) is 0 Å². The summed E-state index contributed by atoms with van der Waals surface area (Å²) in [5.41, 5.74) is 7.97. The van der Waals surface area contributed by atoms with Gasteiger partial charge in [0.1, 0.15) is 4.99 Å². The summed E-state index contributed by atoms with van der Waals surface area (Å²) in [7, 11) is 0. The molecule has 0 bridgehead atoms. The number of nitrogens with zero attached hydrogens (tertiary/aromatic N) is 1. The van der Waals surface area contributed by atoms with E-state index >= 15 is 0 Å². The van der Waals surface area contributed by atoms with Crippen LogP contribution in [-0.2, 0) is 0 Å². The van der Waals surface area contributed by atoms with Gasteiger partial charge in [-0.05, 0) is 38.0 Å². The number of hydrogen-bond donors (Lipinski definition) is 1. The van der Waals surface area contributed by atoms with Crippen LogP contribution in [0.4, 0.5) is 5.69 Å². The number of anilines is 1. The van der Waals surface area contributed by atoms with Gasteiger partial charge >= 0.3 is 0 Å². The van der Waals surface area contributed by atoms with E-state index < -0.39 is 0 Å². The molecule has 2 N–H and O–H groups in total. The lowest BCUT2D eigenvalue weighted by Gasteiger charge is -2.32. The van der Waals surface area contributed by atoms with Gasteiger partial charge in [-0.1, -0.05) is 48.4 Å². The SMILES string of the molecule is CCCCN(c1cc(Br)ccc1C(N)=S)C(C)CC. The van der Waals surface area contributed by atoms with Gasteiger partial charge in [0.2, 0.25) is 0 Å². The fraction of sp³-hybridized carbons (Fsp3) is 0.533. The molecule has 1 aromatic carbocycles. The normalized spacial score (nSPS) is 12.2. The summed E-state index contributed by atoms with van der Waals surface area (Å²) in [6.07, 6.45) is 3.46. The Morgan fingerprint density at radius 3 is 2.63 bits per heavy atom. The quantitative estimate of drug-likeness (QED) is 0.740. The number of benzene rings is 1. The fourth-order valence-corrected chi connectivity index (χ4v) is 2.60. The van der Waals surface area contributed by atoms with Crippen LogP contribution in [0, 0.1) is 0 Å². The molecule has 1 unspecified atom stereocenters. The van der Waals surface area contributed by atoms with Crippen LogP contribution in [0.25, 0.3) is 0 Å². The summed E-state index contributed by atoms with van der Waals surface area (Å²) in [6, 6.07) is 6.60. The lowest BCUT2D eigenvalue weighted by atomic mass is 10.1. The number of unbranched alkanes of at least 4 members (excludes halogenated alkanes) is 1. The summed E-state index contributed by atoms with van der Waals surface area (Å²) in [4.78, 5) is 2.88. The van der Waals surface area contributed by atoms with E-state index in [1.807, 2.05) is 12.1 Å². The first-order valence-corrected chi connectivity index (χ1v) is 8.07. The number of halogens is 1. The van der Waals surface area contributed by atoms with Gasteiger partial charge < -0.3 is 10.6 Å². The smallest absolute Gasteiger partial charge is 0.106 e. The number of nitrogens with two attached hydrogens (primary N) is 1. The molecule has 0 aliphatic carbocycles. The average molecular weight is 343 g/mol. The van der Waals surface area contributed by atoms with Gasteiger partial charge in [0.05, 0.1) is 0 Å². The van der Waals surface area contributed by atoms with Crippen LogP contribution in [0.2, 0.25) is 0 Å². The lowest BCUT2D eigenvalue weighted by Crippen LogP contribution is -2.35. The molecule has 2 nitrogen and oxygen atoms in total. The van der Waals surface area contributed by atoms with Crippen molar-refractivity contribution in [1.82, 2.24) is 0 Å². The van der Waals surface area contributed by atoms with E-state index in [0.717, 1.165) is 28.7 Å². The maximum atomic E-state index is 5.86. The van der Waals surface area contributed by atoms with Crippen molar-refractivity contribution in [2.45, 2.75) is 46.1 Å². The zero-order valence-electron chi connectivity index (χ0n) is 11.9. The van der Waals surface area contributed by atoms with E-state index in [4.69, 9.17) is 18.0 Å². The molecular weight excluding hydrogens is 320 g/mol. The Labute approximate surface area is 130 Å². The molecule has 0 saturated carbocycles. The molecule has 106 valence electrons. The van der Waals surface area contributed by atoms with Crippen molar-refractivity contribution < 1.29 is 0 Å². The zero-order valence-corrected chi connectivity index (χ0v) is 14.4. The van der Waals surface area contributed by atoms with Crippen LogP contribution in [0.15, 0.2) is 22.7 Å². The van der Waals surface area contributed by atoms with Crippen LogP contribution in [0.5, 0.6) is 0 Å². The summed E-state index contributed by atoms with van der Waals surface area (Å²) in [5.74, 6) is 0. The molecule has 0 fully saturated rings. The van der Waals surface area contributed by atoms with Gasteiger partial charge in [-0.2, -0.15) is 0 Å². The van der Waals surface area contributed by atoms with E-state index in [1.54, 1.807) is 0 Å². The summed E-state index contributed by atoms with van der Waals surface area (Å²) < 4.78 is 1.06. The maximum Gasteiger partial charge on any atom is 0.106 e. The topological polar surface area (TPSA) is 29.3 Å². The minimum absolute atomic E-state index is 0.465. The number of hydrogen-bond acceptors (Lipinski definition) is 2. The molecule has 0 amide bonds. The molecule has 0 aliphatic rings. The van der Waals surface area contributed by atoms with Crippen molar-refractivity contribution in [2.75, 3.05) is 11.4 Å². The van der Waals surface area contributed by atoms with Gasteiger partial charge in [-0.3, -0.25) is 0 Å². The third-order valence-corrected chi connectivity index (χ3v) is 4.12. The molecule has 4 heteroatoms. The van der Waals surface area contributed by atoms with E-state index in [1.165, 1.54) is 12.8 Å². The second-order valence-electron chi connectivity index (χ2n) is 4.83. The van der Waals surface area contributed by atoms with Crippen LogP contribution >= 0.6 is 28.1 Å². The predicted octanol–water partition coefficient (Wildman–Crippen LogP) is 4.49. The van der Waals surface area contributed by atoms with Crippen molar-refractivity contribution in [3.63, 3.8) is 0 Å². The summed E-state index contributed by atoms with van der Waals surface area (Å²) >= 11 is 8.73. The Balaban J connectivity index is 3.19. The number of thiocarbonyl (C=S) groups is 1. The van der Waals surface area contributed by atoms with E-state index in [2.05, 4.69) is 47.7 Å². The molecule has 0 aromatic heterocycles. The van der Waals surface area contributed by atoms with Gasteiger partial charge in [0.15, 0.2) is 0 Å². The average Bonchev–Trinajstić information content (AvgIpc) is 2.38. The Morgan fingerprint density at radius 1 is 1.42 bits per heavy atom. The Morgan fingerprint density at radius 2 is 2.11 bits per heavy atom. The predicted molar refractivity (Wildman–Crippen MR) is 92.0 cm³/mol. The van der Waals surface area contributed by atoms with Crippen molar-refractivity contribution in [3.8, 4) is 0 Å². The molecule has 1 aromatic rings. The van der Waals surface area contributed by atoms with Gasteiger partial charge in [0.25, 0.3) is 0 Å². The summed E-state index contributed by atoms with van der Waals surface area (Å²) in [6.45, 7) is 7.71. The molecule has 19 heavy (non-hydrogen) atoms. The maximum absolute atomic E-state index is 5.86. The van der Waals surface area contributed by atoms with Gasteiger partial charge in [-0.15, -0.1) is 0 Å². The second kappa shape index (κ2) is 7.85. The largest absolute Gasteiger partial charge is 0.389 e. The highest BCUT2D eigenvalue weighted by Gasteiger charge is 2.17. The van der Waals surface area contributed by atoms with Crippen LogP contribution < -0.4 is 10.6 Å². The van der Waals surface area contributed by atoms with Crippen molar-refractivity contribution >= 4 is 38.8 Å². The van der Waals surface area contributed by atoms with Gasteiger partial charge in [-0.25, -0.2) is 0 Å². The Kier molecular flexibility index (Phi) is 6.80. The van der Waals surface area contributed by atoms with Crippen LogP contribution in [-0.4, -0.2) is 17.6 Å². The zero-order chi connectivity index (χ0) is 14.4. The molecule has 1 rings (SSSR count). The number of rotatable bonds is 7. The monoisotopic (exact) mass is 342 g/mol. The minimum Gasteiger partial charge on any atom is -0.389 e. The minimum atomic E-state index is 0.465. The third kappa shape index (κ3) is 4.46. The highest BCUT2D eigenvalue weighted by Crippen LogP contribution is 2.28. The van der Waals surface area contributed by atoms with Crippen LogP contribution in [0.1, 0.15) is 45.6 Å². The second-order valence-corrected chi connectivity index (χ2v) is 6.19. The first-order valence-electron chi connectivity index (χ1n) is 6.87. The molecular formula is C15H23BrN2S. The fourth-order valence-electron chi connectivity index (χ4n) is 2.08. The van der Waals surface area contributed by atoms with Gasteiger partial charge in [0, 0.05) is 28.3 Å². The van der Waals surface area contributed by atoms with E-state index in [0.29, 0.717) is 11.0 Å². The van der Waals surface area contributed by atoms with Crippen LogP contribution in [0.3, 0.4) is 0 Å². The third-order valence-electron chi connectivity index (χ3n) is 3.41. The highest BCUT2D eigenvalue weighted by atomic mass is 79.9. The van der Waals surface area contributed by atoms with Crippen molar-refractivity contribution in [2.24, 2.45) is 5.73 Å².